The van der Waals surface area contributed by atoms with Crippen LogP contribution in [0.3, 0.4) is 0 Å². The first kappa shape index (κ1) is 24.7. The normalized spacial score (nSPS) is 13.9. The van der Waals surface area contributed by atoms with Gasteiger partial charge in [0.15, 0.2) is 5.82 Å². The molecule has 0 atom stereocenters. The van der Waals surface area contributed by atoms with E-state index in [4.69, 9.17) is 9.97 Å². The van der Waals surface area contributed by atoms with Gasteiger partial charge in [-0.05, 0) is 30.9 Å². The van der Waals surface area contributed by atoms with Crippen molar-refractivity contribution < 1.29 is 4.79 Å². The second-order valence-electron chi connectivity index (χ2n) is 9.67. The molecule has 0 saturated carbocycles. The van der Waals surface area contributed by atoms with Crippen LogP contribution in [0.4, 0.5) is 5.82 Å². The molecule has 2 heterocycles. The Hall–Kier alpha value is -3.99. The second-order valence-corrected chi connectivity index (χ2v) is 9.67. The first-order valence-electron chi connectivity index (χ1n) is 13.2. The van der Waals surface area contributed by atoms with Crippen molar-refractivity contribution in [2.75, 3.05) is 31.1 Å². The molecule has 1 aliphatic rings. The fourth-order valence-corrected chi connectivity index (χ4v) is 5.00. The number of benzene rings is 3. The van der Waals surface area contributed by atoms with Crippen molar-refractivity contribution in [1.29, 1.82) is 0 Å². The summed E-state index contributed by atoms with van der Waals surface area (Å²) >= 11 is 0. The average Bonchev–Trinajstić information content (AvgIpc) is 3.21. The fraction of sp³-hybridized carbons (Fsp3) is 0.281. The van der Waals surface area contributed by atoms with Crippen LogP contribution >= 0.6 is 0 Å². The minimum atomic E-state index is 0.235. The molecule has 0 N–H and O–H groups in total. The predicted molar refractivity (Wildman–Crippen MR) is 150 cm³/mol. The van der Waals surface area contributed by atoms with E-state index < -0.39 is 0 Å². The van der Waals surface area contributed by atoms with Crippen molar-refractivity contribution in [3.8, 4) is 11.4 Å². The maximum absolute atomic E-state index is 13.1. The van der Waals surface area contributed by atoms with Gasteiger partial charge in [-0.2, -0.15) is 0 Å². The van der Waals surface area contributed by atoms with Crippen LogP contribution in [-0.2, 0) is 17.6 Å². The summed E-state index contributed by atoms with van der Waals surface area (Å²) in [6, 6.07) is 31.0. The largest absolute Gasteiger partial charge is 0.354 e. The van der Waals surface area contributed by atoms with E-state index in [2.05, 4.69) is 60.4 Å². The van der Waals surface area contributed by atoms with Gasteiger partial charge in [-0.25, -0.2) is 9.97 Å². The fourth-order valence-electron chi connectivity index (χ4n) is 5.00. The number of aromatic nitrogens is 2. The van der Waals surface area contributed by atoms with Gasteiger partial charge in [-0.1, -0.05) is 91.0 Å². The van der Waals surface area contributed by atoms with E-state index >= 15 is 0 Å². The molecule has 1 amide bonds. The molecular weight excluding hydrogens is 456 g/mol. The molecule has 1 saturated heterocycles. The molecule has 0 bridgehead atoms. The lowest BCUT2D eigenvalue weighted by Gasteiger charge is -2.26. The highest BCUT2D eigenvalue weighted by Gasteiger charge is 2.23. The van der Waals surface area contributed by atoms with Crippen LogP contribution in [0, 0.1) is 6.92 Å². The third kappa shape index (κ3) is 6.23. The van der Waals surface area contributed by atoms with Gasteiger partial charge >= 0.3 is 0 Å². The smallest absolute Gasteiger partial charge is 0.222 e. The summed E-state index contributed by atoms with van der Waals surface area (Å²) in [5, 5.41) is 0. The maximum Gasteiger partial charge on any atom is 0.222 e. The first-order chi connectivity index (χ1) is 18.2. The number of amides is 1. The minimum Gasteiger partial charge on any atom is -0.354 e. The summed E-state index contributed by atoms with van der Waals surface area (Å²) in [5.74, 6) is 1.98. The molecule has 1 aliphatic heterocycles. The summed E-state index contributed by atoms with van der Waals surface area (Å²) < 4.78 is 0. The molecule has 0 unspecified atom stereocenters. The number of nitrogens with zero attached hydrogens (tertiary/aromatic N) is 4. The van der Waals surface area contributed by atoms with Gasteiger partial charge in [0.1, 0.15) is 5.82 Å². The third-order valence-corrected chi connectivity index (χ3v) is 7.07. The van der Waals surface area contributed by atoms with Crippen molar-refractivity contribution in [2.24, 2.45) is 0 Å². The molecule has 0 spiro atoms. The van der Waals surface area contributed by atoms with Crippen LogP contribution in [0.5, 0.6) is 0 Å². The zero-order valence-electron chi connectivity index (χ0n) is 21.5. The molecule has 1 fully saturated rings. The van der Waals surface area contributed by atoms with Crippen molar-refractivity contribution in [2.45, 2.75) is 32.6 Å². The number of carbonyl (C=O) groups is 1. The van der Waals surface area contributed by atoms with Crippen molar-refractivity contribution in [3.05, 3.63) is 113 Å². The monoisotopic (exact) mass is 490 g/mol. The Morgan fingerprint density at radius 3 is 2.11 bits per heavy atom. The van der Waals surface area contributed by atoms with E-state index in [1.165, 1.54) is 11.1 Å². The van der Waals surface area contributed by atoms with E-state index in [-0.39, 0.29) is 5.91 Å². The van der Waals surface area contributed by atoms with E-state index in [0.29, 0.717) is 13.0 Å². The van der Waals surface area contributed by atoms with Crippen LogP contribution in [0.15, 0.2) is 91.0 Å². The minimum absolute atomic E-state index is 0.235. The zero-order chi connectivity index (χ0) is 25.5. The van der Waals surface area contributed by atoms with Crippen LogP contribution in [0.2, 0.25) is 0 Å². The lowest BCUT2D eigenvalue weighted by atomic mass is 10.0. The molecule has 0 radical (unpaired) electrons. The highest BCUT2D eigenvalue weighted by Crippen LogP contribution is 2.28. The molecule has 5 heteroatoms. The van der Waals surface area contributed by atoms with Crippen molar-refractivity contribution >= 4 is 11.7 Å². The summed E-state index contributed by atoms with van der Waals surface area (Å²) in [7, 11) is 0. The number of rotatable bonds is 7. The lowest BCUT2D eigenvalue weighted by molar-refractivity contribution is -0.130. The quantitative estimate of drug-likeness (QED) is 0.333. The molecule has 3 aromatic carbocycles. The van der Waals surface area contributed by atoms with Gasteiger partial charge in [-0.3, -0.25) is 4.79 Å². The van der Waals surface area contributed by atoms with Gasteiger partial charge < -0.3 is 9.80 Å². The second kappa shape index (κ2) is 11.8. The molecule has 4 aromatic rings. The Balaban J connectivity index is 1.37. The Labute approximate surface area is 219 Å². The number of hydrogen-bond donors (Lipinski definition) is 0. The topological polar surface area (TPSA) is 49.3 Å². The summed E-state index contributed by atoms with van der Waals surface area (Å²) in [4.78, 5) is 27.5. The van der Waals surface area contributed by atoms with Gasteiger partial charge in [-0.15, -0.1) is 0 Å². The van der Waals surface area contributed by atoms with Crippen molar-refractivity contribution in [3.63, 3.8) is 0 Å². The van der Waals surface area contributed by atoms with Gasteiger partial charge in [0.2, 0.25) is 5.91 Å². The first-order valence-corrected chi connectivity index (χ1v) is 13.2. The lowest BCUT2D eigenvalue weighted by Crippen LogP contribution is -2.36. The third-order valence-electron chi connectivity index (χ3n) is 7.07. The zero-order valence-corrected chi connectivity index (χ0v) is 21.5. The van der Waals surface area contributed by atoms with Gasteiger partial charge in [0, 0.05) is 55.8 Å². The number of anilines is 1. The highest BCUT2D eigenvalue weighted by molar-refractivity contribution is 5.76. The molecule has 1 aromatic heterocycles. The summed E-state index contributed by atoms with van der Waals surface area (Å²) in [6.07, 6.45) is 3.04. The average molecular weight is 491 g/mol. The van der Waals surface area contributed by atoms with Crippen LogP contribution in [-0.4, -0.2) is 47.0 Å². The molecule has 37 heavy (non-hydrogen) atoms. The molecular formula is C32H34N4O. The Kier molecular flexibility index (Phi) is 7.90. The maximum atomic E-state index is 13.1. The Morgan fingerprint density at radius 1 is 0.757 bits per heavy atom. The summed E-state index contributed by atoms with van der Waals surface area (Å²) in [6.45, 7) is 5.22. The Morgan fingerprint density at radius 2 is 1.41 bits per heavy atom. The number of carbonyl (C=O) groups excluding carboxylic acids is 1. The SMILES string of the molecule is Cc1nc(-c2ccccc2)nc(N2CCCN(C(=O)CCc3ccccc3)CC2)c1Cc1ccccc1. The predicted octanol–water partition coefficient (Wildman–Crippen LogP) is 5.71. The highest BCUT2D eigenvalue weighted by atomic mass is 16.2. The Bertz CT molecular complexity index is 1310. The van der Waals surface area contributed by atoms with Crippen LogP contribution in [0.1, 0.15) is 35.2 Å². The van der Waals surface area contributed by atoms with Gasteiger partial charge in [0.05, 0.1) is 0 Å². The molecule has 188 valence electrons. The number of aryl methyl sites for hydroxylation is 2. The molecule has 0 aliphatic carbocycles. The van der Waals surface area contributed by atoms with E-state index in [9.17, 15) is 4.79 Å². The van der Waals surface area contributed by atoms with Crippen molar-refractivity contribution in [1.82, 2.24) is 14.9 Å². The van der Waals surface area contributed by atoms with Crippen LogP contribution in [0.25, 0.3) is 11.4 Å². The van der Waals surface area contributed by atoms with E-state index in [1.807, 2.05) is 47.4 Å². The van der Waals surface area contributed by atoms with E-state index in [1.54, 1.807) is 0 Å². The number of hydrogen-bond acceptors (Lipinski definition) is 4. The van der Waals surface area contributed by atoms with Crippen LogP contribution < -0.4 is 4.90 Å². The molecule has 5 rings (SSSR count). The van der Waals surface area contributed by atoms with E-state index in [0.717, 1.165) is 67.4 Å². The summed E-state index contributed by atoms with van der Waals surface area (Å²) in [5.41, 5.74) is 5.64. The van der Waals surface area contributed by atoms with Gasteiger partial charge in [0.25, 0.3) is 0 Å². The molecule has 5 nitrogen and oxygen atoms in total. The standard InChI is InChI=1S/C32H34N4O/c1-25-29(24-27-14-7-3-8-15-27)32(34-31(33-25)28-16-9-4-10-17-28)36-21-11-20-35(22-23-36)30(37)19-18-26-12-5-2-6-13-26/h2-10,12-17H,11,18-24H2,1H3.